The first-order valence-corrected chi connectivity index (χ1v) is 6.28. The molecule has 19 heavy (non-hydrogen) atoms. The van der Waals surface area contributed by atoms with Crippen molar-refractivity contribution in [1.82, 2.24) is 5.43 Å². The van der Waals surface area contributed by atoms with Gasteiger partial charge in [-0.15, -0.1) is 0 Å². The van der Waals surface area contributed by atoms with Crippen LogP contribution in [0.4, 0.5) is 4.79 Å². The van der Waals surface area contributed by atoms with E-state index >= 15 is 0 Å². The van der Waals surface area contributed by atoms with E-state index in [1.807, 2.05) is 30.3 Å². The van der Waals surface area contributed by atoms with E-state index in [0.717, 1.165) is 5.56 Å². The van der Waals surface area contributed by atoms with Gasteiger partial charge in [0.05, 0.1) is 0 Å². The van der Waals surface area contributed by atoms with Gasteiger partial charge in [-0.3, -0.25) is 0 Å². The minimum Gasteiger partial charge on any atom is -0.601 e. The second-order valence-electron chi connectivity index (χ2n) is 5.45. The van der Waals surface area contributed by atoms with Crippen LogP contribution in [0.15, 0.2) is 30.3 Å². The number of quaternary nitrogens is 1. The van der Waals surface area contributed by atoms with Gasteiger partial charge in [-0.1, -0.05) is 30.3 Å². The SMILES string of the molecule is CN[N+]([O-])(C(=O)OC(C)(C)C)C(C)c1ccccc1. The lowest BCUT2D eigenvalue weighted by atomic mass is 10.1. The van der Waals surface area contributed by atoms with Gasteiger partial charge in [0.25, 0.3) is 0 Å². The van der Waals surface area contributed by atoms with Crippen molar-refractivity contribution in [2.75, 3.05) is 7.05 Å². The zero-order valence-corrected chi connectivity index (χ0v) is 12.1. The lowest BCUT2D eigenvalue weighted by Gasteiger charge is -2.42. The van der Waals surface area contributed by atoms with Crippen LogP contribution in [0.25, 0.3) is 0 Å². The molecule has 5 nitrogen and oxygen atoms in total. The van der Waals surface area contributed by atoms with Gasteiger partial charge in [-0.25, -0.2) is 0 Å². The number of carbonyl (C=O) groups is 1. The molecule has 1 amide bonds. The Labute approximate surface area is 114 Å². The van der Waals surface area contributed by atoms with Gasteiger partial charge in [-0.05, 0) is 27.7 Å². The molecule has 2 unspecified atom stereocenters. The second kappa shape index (κ2) is 5.69. The van der Waals surface area contributed by atoms with Crippen molar-refractivity contribution in [3.63, 3.8) is 0 Å². The first-order chi connectivity index (χ1) is 8.70. The molecule has 0 heterocycles. The molecule has 0 aliphatic heterocycles. The van der Waals surface area contributed by atoms with Crippen molar-refractivity contribution in [1.29, 1.82) is 0 Å². The summed E-state index contributed by atoms with van der Waals surface area (Å²) in [6.45, 7) is 6.90. The number of carbonyl (C=O) groups excluding carboxylic acids is 1. The van der Waals surface area contributed by atoms with Crippen molar-refractivity contribution in [3.8, 4) is 0 Å². The summed E-state index contributed by atoms with van der Waals surface area (Å²) in [6, 6.07) is 8.57. The molecule has 0 saturated heterocycles. The van der Waals surface area contributed by atoms with Crippen LogP contribution >= 0.6 is 0 Å². The van der Waals surface area contributed by atoms with Crippen LogP contribution in [0.3, 0.4) is 0 Å². The second-order valence-corrected chi connectivity index (χ2v) is 5.45. The van der Waals surface area contributed by atoms with Gasteiger partial charge in [0, 0.05) is 12.6 Å². The fourth-order valence-electron chi connectivity index (χ4n) is 1.71. The molecule has 0 fully saturated rings. The fraction of sp³-hybridized carbons (Fsp3) is 0.500. The van der Waals surface area contributed by atoms with Gasteiger partial charge >= 0.3 is 6.09 Å². The number of hydrogen-bond acceptors (Lipinski definition) is 4. The lowest BCUT2D eigenvalue weighted by Crippen LogP contribution is -2.58. The molecule has 0 spiro atoms. The molecule has 0 saturated carbocycles. The van der Waals surface area contributed by atoms with Gasteiger partial charge in [-0.2, -0.15) is 15.0 Å². The Morgan fingerprint density at radius 2 is 1.84 bits per heavy atom. The Bertz CT molecular complexity index is 428. The molecule has 1 rings (SSSR count). The zero-order valence-electron chi connectivity index (χ0n) is 12.1. The van der Waals surface area contributed by atoms with Gasteiger partial charge in [0.1, 0.15) is 11.6 Å². The predicted molar refractivity (Wildman–Crippen MR) is 73.8 cm³/mol. The number of amides is 1. The average Bonchev–Trinajstić information content (AvgIpc) is 2.35. The Balaban J connectivity index is 3.00. The molecule has 1 N–H and O–H groups in total. The summed E-state index contributed by atoms with van der Waals surface area (Å²) in [5, 5.41) is 12.7. The molecule has 0 bridgehead atoms. The largest absolute Gasteiger partial charge is 0.601 e. The highest BCUT2D eigenvalue weighted by Gasteiger charge is 2.38. The zero-order chi connectivity index (χ0) is 14.7. The van der Waals surface area contributed by atoms with Crippen molar-refractivity contribution in [3.05, 3.63) is 41.1 Å². The van der Waals surface area contributed by atoms with Crippen LogP contribution in [0.2, 0.25) is 0 Å². The van der Waals surface area contributed by atoms with E-state index in [1.165, 1.54) is 7.05 Å². The number of benzene rings is 1. The first kappa shape index (κ1) is 15.6. The average molecular weight is 266 g/mol. The number of nitrogens with zero attached hydrogens (tertiary/aromatic N) is 1. The van der Waals surface area contributed by atoms with E-state index in [-0.39, 0.29) is 0 Å². The highest BCUT2D eigenvalue weighted by molar-refractivity contribution is 5.60. The third kappa shape index (κ3) is 3.76. The monoisotopic (exact) mass is 266 g/mol. The molecule has 2 atom stereocenters. The molecule has 0 aliphatic carbocycles. The molecule has 1 aromatic carbocycles. The van der Waals surface area contributed by atoms with Crippen molar-refractivity contribution in [2.45, 2.75) is 39.3 Å². The fourth-order valence-corrected chi connectivity index (χ4v) is 1.71. The summed E-state index contributed by atoms with van der Waals surface area (Å²) in [5.74, 6) is 0. The summed E-state index contributed by atoms with van der Waals surface area (Å²) in [5.41, 5.74) is 2.59. The minimum atomic E-state index is -1.25. The smallest absolute Gasteiger partial charge is 0.537 e. The lowest BCUT2D eigenvalue weighted by molar-refractivity contribution is -0.881. The molecule has 0 radical (unpaired) electrons. The third-order valence-electron chi connectivity index (χ3n) is 2.82. The summed E-state index contributed by atoms with van der Waals surface area (Å²) >= 11 is 0. The molecule has 0 aromatic heterocycles. The van der Waals surface area contributed by atoms with E-state index in [2.05, 4.69) is 5.43 Å². The van der Waals surface area contributed by atoms with Crippen molar-refractivity contribution in [2.24, 2.45) is 0 Å². The Morgan fingerprint density at radius 1 is 1.32 bits per heavy atom. The van der Waals surface area contributed by atoms with Crippen LogP contribution in [0, 0.1) is 5.21 Å². The highest BCUT2D eigenvalue weighted by Crippen LogP contribution is 2.27. The quantitative estimate of drug-likeness (QED) is 0.674. The topological polar surface area (TPSA) is 61.4 Å². The Morgan fingerprint density at radius 3 is 2.26 bits per heavy atom. The van der Waals surface area contributed by atoms with Crippen LogP contribution in [-0.2, 0) is 4.74 Å². The predicted octanol–water partition coefficient (Wildman–Crippen LogP) is 3.13. The van der Waals surface area contributed by atoms with Gasteiger partial charge in [0.2, 0.25) is 0 Å². The summed E-state index contributed by atoms with van der Waals surface area (Å²) in [4.78, 5) is 12.1. The standard InChI is InChI=1S/C14H22N2O3/c1-11(12-9-7-6-8-10-12)16(18,15-5)13(17)19-14(2,3)4/h6-11,15H,1-5H3. The number of hydrogen-bond donors (Lipinski definition) is 1. The third-order valence-corrected chi connectivity index (χ3v) is 2.82. The molecule has 5 heteroatoms. The van der Waals surface area contributed by atoms with Crippen molar-refractivity contribution >= 4 is 6.09 Å². The van der Waals surface area contributed by atoms with E-state index in [4.69, 9.17) is 4.74 Å². The van der Waals surface area contributed by atoms with Crippen LogP contribution in [-0.4, -0.2) is 23.5 Å². The van der Waals surface area contributed by atoms with Gasteiger partial charge in [0.15, 0.2) is 0 Å². The van der Waals surface area contributed by atoms with E-state index in [9.17, 15) is 10.0 Å². The summed E-state index contributed by atoms with van der Waals surface area (Å²) in [6.07, 6.45) is -0.841. The summed E-state index contributed by atoms with van der Waals surface area (Å²) < 4.78 is 3.95. The normalized spacial score (nSPS) is 16.5. The van der Waals surface area contributed by atoms with E-state index in [0.29, 0.717) is 0 Å². The maximum absolute atomic E-state index is 12.7. The number of hydroxylamine groups is 2. The molecule has 106 valence electrons. The maximum atomic E-state index is 12.7. The molecule has 1 aromatic rings. The van der Waals surface area contributed by atoms with E-state index < -0.39 is 22.5 Å². The number of ether oxygens (including phenoxy) is 1. The van der Waals surface area contributed by atoms with Crippen LogP contribution in [0.5, 0.6) is 0 Å². The Kier molecular flexibility index (Phi) is 4.68. The number of rotatable bonds is 3. The van der Waals surface area contributed by atoms with Crippen LogP contribution in [0.1, 0.15) is 39.3 Å². The molecule has 0 aliphatic rings. The van der Waals surface area contributed by atoms with Crippen LogP contribution < -0.4 is 5.43 Å². The Hall–Kier alpha value is -1.43. The first-order valence-electron chi connectivity index (χ1n) is 6.28. The number of nitrogens with one attached hydrogen (secondary N) is 1. The van der Waals surface area contributed by atoms with Crippen molar-refractivity contribution < 1.29 is 14.3 Å². The molecular weight excluding hydrogens is 244 g/mol. The van der Waals surface area contributed by atoms with E-state index in [1.54, 1.807) is 27.7 Å². The minimum absolute atomic E-state index is 0.596. The summed E-state index contributed by atoms with van der Waals surface area (Å²) in [7, 11) is 1.45. The highest BCUT2D eigenvalue weighted by atomic mass is 16.7. The van der Waals surface area contributed by atoms with Gasteiger partial charge < -0.3 is 9.94 Å². The molecular formula is C14H22N2O3. The maximum Gasteiger partial charge on any atom is 0.537 e.